The molecule has 0 aliphatic heterocycles. The number of unbranched alkanes of at least 4 members (excludes halogenated alkanes) is 1. The zero-order chi connectivity index (χ0) is 14.6. The average Bonchev–Trinajstić information content (AvgIpc) is 3.17. The van der Waals surface area contributed by atoms with Crippen molar-refractivity contribution in [2.24, 2.45) is 0 Å². The van der Waals surface area contributed by atoms with Crippen LogP contribution in [0.3, 0.4) is 0 Å². The van der Waals surface area contributed by atoms with Crippen LogP contribution < -0.4 is 10.0 Å². The maximum absolute atomic E-state index is 12.0. The summed E-state index contributed by atoms with van der Waals surface area (Å²) in [4.78, 5) is 0. The first-order valence-electron chi connectivity index (χ1n) is 6.96. The van der Waals surface area contributed by atoms with Gasteiger partial charge in [0.25, 0.3) is 0 Å². The molecule has 1 aromatic rings. The van der Waals surface area contributed by atoms with Gasteiger partial charge < -0.3 is 5.32 Å². The van der Waals surface area contributed by atoms with Gasteiger partial charge in [-0.3, -0.25) is 4.72 Å². The highest BCUT2D eigenvalue weighted by Crippen LogP contribution is 2.21. The number of anilines is 1. The highest BCUT2D eigenvalue weighted by Gasteiger charge is 2.19. The summed E-state index contributed by atoms with van der Waals surface area (Å²) in [6.45, 7) is 2.75. The van der Waals surface area contributed by atoms with E-state index >= 15 is 0 Å². The fourth-order valence-electron chi connectivity index (χ4n) is 1.93. The lowest BCUT2D eigenvalue weighted by Crippen LogP contribution is -2.20. The van der Waals surface area contributed by atoms with E-state index in [1.54, 1.807) is 18.2 Å². The van der Waals surface area contributed by atoms with Crippen LogP contribution in [0.25, 0.3) is 0 Å². The molecule has 1 aliphatic rings. The molecule has 0 radical (unpaired) electrons. The summed E-state index contributed by atoms with van der Waals surface area (Å²) in [5, 5.41) is 3.91. The molecular weight excluding hydrogens is 296 g/mol. The van der Waals surface area contributed by atoms with Crippen LogP contribution in [0.4, 0.5) is 5.69 Å². The summed E-state index contributed by atoms with van der Waals surface area (Å²) >= 11 is 5.88. The molecule has 0 heterocycles. The molecule has 0 bridgehead atoms. The van der Waals surface area contributed by atoms with Gasteiger partial charge >= 0.3 is 0 Å². The Morgan fingerprint density at radius 1 is 1.30 bits per heavy atom. The Labute approximate surface area is 126 Å². The first-order valence-corrected chi connectivity index (χ1v) is 8.99. The van der Waals surface area contributed by atoms with Crippen molar-refractivity contribution in [3.8, 4) is 0 Å². The smallest absolute Gasteiger partial charge is 0.232 e. The lowest BCUT2D eigenvalue weighted by molar-refractivity contribution is 0.591. The Morgan fingerprint density at radius 2 is 2.05 bits per heavy atom. The molecular formula is C14H21ClN2O2S. The van der Waals surface area contributed by atoms with Gasteiger partial charge in [0.15, 0.2) is 0 Å². The van der Waals surface area contributed by atoms with Gasteiger partial charge in [0, 0.05) is 11.1 Å². The predicted molar refractivity (Wildman–Crippen MR) is 83.9 cm³/mol. The van der Waals surface area contributed by atoms with Crippen LogP contribution in [0.15, 0.2) is 18.2 Å². The van der Waals surface area contributed by atoms with Gasteiger partial charge in [-0.05, 0) is 56.8 Å². The van der Waals surface area contributed by atoms with Crippen molar-refractivity contribution < 1.29 is 8.42 Å². The minimum Gasteiger partial charge on any atom is -0.314 e. The summed E-state index contributed by atoms with van der Waals surface area (Å²) in [7, 11) is -3.30. The fraction of sp³-hybridized carbons (Fsp3) is 0.571. The second kappa shape index (κ2) is 6.78. The van der Waals surface area contributed by atoms with E-state index < -0.39 is 10.0 Å². The van der Waals surface area contributed by atoms with Crippen molar-refractivity contribution >= 4 is 27.3 Å². The molecule has 1 saturated carbocycles. The highest BCUT2D eigenvalue weighted by atomic mass is 35.5. The highest BCUT2D eigenvalue weighted by molar-refractivity contribution is 7.92. The van der Waals surface area contributed by atoms with Crippen molar-refractivity contribution in [2.75, 3.05) is 17.0 Å². The molecule has 0 amide bonds. The van der Waals surface area contributed by atoms with Crippen molar-refractivity contribution in [1.29, 1.82) is 0 Å². The third kappa shape index (κ3) is 5.31. The SMILES string of the molecule is Cc1ccc(Cl)cc1NS(=O)(=O)CCCCNC1CC1. The van der Waals surface area contributed by atoms with Crippen LogP contribution in [0, 0.1) is 6.92 Å². The molecule has 0 atom stereocenters. The van der Waals surface area contributed by atoms with Gasteiger partial charge in [0.2, 0.25) is 10.0 Å². The zero-order valence-corrected chi connectivity index (χ0v) is 13.2. The monoisotopic (exact) mass is 316 g/mol. The third-order valence-corrected chi connectivity index (χ3v) is 4.91. The van der Waals surface area contributed by atoms with E-state index in [0.29, 0.717) is 23.2 Å². The second-order valence-corrected chi connectivity index (χ2v) is 7.59. The van der Waals surface area contributed by atoms with Gasteiger partial charge in [0.1, 0.15) is 0 Å². The van der Waals surface area contributed by atoms with E-state index in [4.69, 9.17) is 11.6 Å². The number of hydrogen-bond donors (Lipinski definition) is 2. The molecule has 1 aliphatic carbocycles. The Kier molecular flexibility index (Phi) is 5.29. The van der Waals surface area contributed by atoms with Crippen LogP contribution in [-0.2, 0) is 10.0 Å². The molecule has 2 rings (SSSR count). The minimum absolute atomic E-state index is 0.144. The lowest BCUT2D eigenvalue weighted by atomic mass is 10.2. The minimum atomic E-state index is -3.30. The van der Waals surface area contributed by atoms with Crippen molar-refractivity contribution in [3.05, 3.63) is 28.8 Å². The van der Waals surface area contributed by atoms with Gasteiger partial charge in [-0.1, -0.05) is 17.7 Å². The molecule has 0 aromatic heterocycles. The van der Waals surface area contributed by atoms with Gasteiger partial charge in [-0.25, -0.2) is 8.42 Å². The summed E-state index contributed by atoms with van der Waals surface area (Å²) < 4.78 is 26.6. The summed E-state index contributed by atoms with van der Waals surface area (Å²) in [6, 6.07) is 5.87. The number of aryl methyl sites for hydroxylation is 1. The fourth-order valence-corrected chi connectivity index (χ4v) is 3.35. The van der Waals surface area contributed by atoms with E-state index in [-0.39, 0.29) is 5.75 Å². The van der Waals surface area contributed by atoms with E-state index in [0.717, 1.165) is 18.5 Å². The normalized spacial score (nSPS) is 15.3. The zero-order valence-electron chi connectivity index (χ0n) is 11.7. The summed E-state index contributed by atoms with van der Waals surface area (Å²) in [5.41, 5.74) is 1.43. The number of nitrogens with one attached hydrogen (secondary N) is 2. The molecule has 1 fully saturated rings. The van der Waals surface area contributed by atoms with E-state index in [9.17, 15) is 8.42 Å². The van der Waals surface area contributed by atoms with Gasteiger partial charge in [-0.2, -0.15) is 0 Å². The topological polar surface area (TPSA) is 58.2 Å². The van der Waals surface area contributed by atoms with Gasteiger partial charge in [-0.15, -0.1) is 0 Å². The summed E-state index contributed by atoms with van der Waals surface area (Å²) in [6.07, 6.45) is 4.06. The molecule has 0 saturated heterocycles. The molecule has 112 valence electrons. The quantitative estimate of drug-likeness (QED) is 0.725. The van der Waals surface area contributed by atoms with Crippen LogP contribution >= 0.6 is 11.6 Å². The molecule has 4 nitrogen and oxygen atoms in total. The van der Waals surface area contributed by atoms with Crippen LogP contribution in [0.5, 0.6) is 0 Å². The Hall–Kier alpha value is -0.780. The number of halogens is 1. The molecule has 2 N–H and O–H groups in total. The van der Waals surface area contributed by atoms with Crippen LogP contribution in [-0.4, -0.2) is 26.8 Å². The first kappa shape index (κ1) is 15.6. The molecule has 6 heteroatoms. The Balaban J connectivity index is 1.78. The number of rotatable bonds is 8. The summed E-state index contributed by atoms with van der Waals surface area (Å²) in [5.74, 6) is 0.144. The van der Waals surface area contributed by atoms with Crippen molar-refractivity contribution in [3.63, 3.8) is 0 Å². The standard InChI is InChI=1S/C14H21ClN2O2S/c1-11-4-5-12(15)10-14(11)17-20(18,19)9-3-2-8-16-13-6-7-13/h4-5,10,13,16-17H,2-3,6-9H2,1H3. The molecule has 0 unspecified atom stereocenters. The Morgan fingerprint density at radius 3 is 2.75 bits per heavy atom. The van der Waals surface area contributed by atoms with Crippen molar-refractivity contribution in [1.82, 2.24) is 5.32 Å². The third-order valence-electron chi connectivity index (χ3n) is 3.32. The first-order chi connectivity index (χ1) is 9.46. The van der Waals surface area contributed by atoms with Crippen LogP contribution in [0.2, 0.25) is 5.02 Å². The van der Waals surface area contributed by atoms with E-state index in [2.05, 4.69) is 10.0 Å². The lowest BCUT2D eigenvalue weighted by Gasteiger charge is -2.11. The molecule has 0 spiro atoms. The predicted octanol–water partition coefficient (Wildman–Crippen LogP) is 2.92. The van der Waals surface area contributed by atoms with Gasteiger partial charge in [0.05, 0.1) is 11.4 Å². The molecule has 1 aromatic carbocycles. The molecule has 20 heavy (non-hydrogen) atoms. The number of hydrogen-bond acceptors (Lipinski definition) is 3. The van der Waals surface area contributed by atoms with E-state index in [1.165, 1.54) is 12.8 Å². The van der Waals surface area contributed by atoms with E-state index in [1.807, 2.05) is 6.92 Å². The Bertz CT molecular complexity index is 556. The second-order valence-electron chi connectivity index (χ2n) is 5.32. The number of benzene rings is 1. The maximum atomic E-state index is 12.0. The largest absolute Gasteiger partial charge is 0.314 e. The number of sulfonamides is 1. The maximum Gasteiger partial charge on any atom is 0.232 e. The van der Waals surface area contributed by atoms with Crippen molar-refractivity contribution in [2.45, 2.75) is 38.6 Å². The average molecular weight is 317 g/mol. The van der Waals surface area contributed by atoms with Crippen LogP contribution in [0.1, 0.15) is 31.2 Å².